The second kappa shape index (κ2) is 8.31. The van der Waals surface area contributed by atoms with Gasteiger partial charge in [-0.05, 0) is 23.3 Å². The molecule has 0 saturated heterocycles. The quantitative estimate of drug-likeness (QED) is 0.780. The SMILES string of the molecule is C=C/C=C(\C=C)CNC(=O)C1=CNC(=O)CC1c1ccc(Cl)cc1. The first kappa shape index (κ1) is 17.8. The van der Waals surface area contributed by atoms with Gasteiger partial charge in [0, 0.05) is 35.7 Å². The van der Waals surface area contributed by atoms with Crippen LogP contribution in [0.15, 0.2) is 73.0 Å². The van der Waals surface area contributed by atoms with Gasteiger partial charge in [0.05, 0.1) is 0 Å². The van der Waals surface area contributed by atoms with Gasteiger partial charge < -0.3 is 10.6 Å². The molecule has 124 valence electrons. The molecule has 1 atom stereocenters. The number of nitrogens with one attached hydrogen (secondary N) is 2. The second-order valence-corrected chi connectivity index (χ2v) is 5.78. The molecule has 1 heterocycles. The zero-order valence-corrected chi connectivity index (χ0v) is 14.0. The minimum atomic E-state index is -0.299. The fraction of sp³-hybridized carbons (Fsp3) is 0.158. The number of carbonyl (C=O) groups is 2. The lowest BCUT2D eigenvalue weighted by Crippen LogP contribution is -2.35. The molecule has 2 rings (SSSR count). The predicted molar refractivity (Wildman–Crippen MR) is 96.5 cm³/mol. The van der Waals surface area contributed by atoms with E-state index in [1.54, 1.807) is 30.4 Å². The lowest BCUT2D eigenvalue weighted by molar-refractivity contribution is -0.121. The highest BCUT2D eigenvalue weighted by molar-refractivity contribution is 6.30. The van der Waals surface area contributed by atoms with Crippen molar-refractivity contribution in [2.45, 2.75) is 12.3 Å². The molecule has 1 aliphatic heterocycles. The molecule has 1 unspecified atom stereocenters. The summed E-state index contributed by atoms with van der Waals surface area (Å²) in [5.41, 5.74) is 2.24. The van der Waals surface area contributed by atoms with Crippen molar-refractivity contribution in [1.29, 1.82) is 0 Å². The van der Waals surface area contributed by atoms with Crippen molar-refractivity contribution >= 4 is 23.4 Å². The van der Waals surface area contributed by atoms with Crippen LogP contribution in [0.5, 0.6) is 0 Å². The molecule has 0 bridgehead atoms. The molecular formula is C19H19ClN2O2. The third-order valence-electron chi connectivity index (χ3n) is 3.74. The van der Waals surface area contributed by atoms with Gasteiger partial charge in [-0.3, -0.25) is 9.59 Å². The topological polar surface area (TPSA) is 58.2 Å². The standard InChI is InChI=1S/C19H19ClN2O2/c1-3-5-13(4-2)11-22-19(24)17-12-21-18(23)10-16(17)14-6-8-15(20)9-7-14/h3-9,12,16H,1-2,10-11H2,(H,21,23)(H,22,24)/b13-5+. The van der Waals surface area contributed by atoms with E-state index in [9.17, 15) is 9.59 Å². The fourth-order valence-corrected chi connectivity index (χ4v) is 2.59. The van der Waals surface area contributed by atoms with Crippen LogP contribution in [0.1, 0.15) is 17.9 Å². The molecule has 2 amide bonds. The van der Waals surface area contributed by atoms with Crippen LogP contribution in [0.3, 0.4) is 0 Å². The molecule has 0 aromatic heterocycles. The number of hydrogen-bond acceptors (Lipinski definition) is 2. The van der Waals surface area contributed by atoms with Gasteiger partial charge in [0.25, 0.3) is 0 Å². The van der Waals surface area contributed by atoms with Crippen LogP contribution in [0.25, 0.3) is 0 Å². The molecule has 1 aromatic carbocycles. The van der Waals surface area contributed by atoms with Crippen molar-refractivity contribution in [3.05, 3.63) is 83.6 Å². The summed E-state index contributed by atoms with van der Waals surface area (Å²) in [6.45, 7) is 7.67. The third-order valence-corrected chi connectivity index (χ3v) is 3.99. The first-order chi connectivity index (χ1) is 11.5. The Kier molecular flexibility index (Phi) is 6.15. The van der Waals surface area contributed by atoms with E-state index in [0.717, 1.165) is 11.1 Å². The largest absolute Gasteiger partial charge is 0.348 e. The van der Waals surface area contributed by atoms with Crippen molar-refractivity contribution < 1.29 is 9.59 Å². The van der Waals surface area contributed by atoms with Crippen LogP contribution in [0.4, 0.5) is 0 Å². The van der Waals surface area contributed by atoms with E-state index in [0.29, 0.717) is 17.1 Å². The number of carbonyl (C=O) groups excluding carboxylic acids is 2. The van der Waals surface area contributed by atoms with Gasteiger partial charge in [0.2, 0.25) is 11.8 Å². The summed E-state index contributed by atoms with van der Waals surface area (Å²) in [7, 11) is 0. The highest BCUT2D eigenvalue weighted by atomic mass is 35.5. The van der Waals surface area contributed by atoms with Crippen LogP contribution in [-0.2, 0) is 9.59 Å². The van der Waals surface area contributed by atoms with E-state index in [1.807, 2.05) is 12.1 Å². The van der Waals surface area contributed by atoms with Gasteiger partial charge in [-0.15, -0.1) is 0 Å². The minimum absolute atomic E-state index is 0.121. The Hall–Kier alpha value is -2.59. The molecule has 0 spiro atoms. The maximum absolute atomic E-state index is 12.5. The Morgan fingerprint density at radius 1 is 1.33 bits per heavy atom. The summed E-state index contributed by atoms with van der Waals surface area (Å²) in [5, 5.41) is 6.06. The summed E-state index contributed by atoms with van der Waals surface area (Å²) in [4.78, 5) is 24.3. The minimum Gasteiger partial charge on any atom is -0.348 e. The molecule has 2 N–H and O–H groups in total. The van der Waals surface area contributed by atoms with Gasteiger partial charge in [-0.1, -0.05) is 55.1 Å². The number of allylic oxidation sites excluding steroid dienone is 2. The van der Waals surface area contributed by atoms with Crippen LogP contribution in [0.2, 0.25) is 5.02 Å². The lowest BCUT2D eigenvalue weighted by atomic mass is 9.86. The Morgan fingerprint density at radius 2 is 2.04 bits per heavy atom. The maximum Gasteiger partial charge on any atom is 0.249 e. The van der Waals surface area contributed by atoms with Gasteiger partial charge in [0.1, 0.15) is 0 Å². The number of amides is 2. The highest BCUT2D eigenvalue weighted by Crippen LogP contribution is 2.30. The van der Waals surface area contributed by atoms with E-state index in [2.05, 4.69) is 23.8 Å². The van der Waals surface area contributed by atoms with Crippen LogP contribution < -0.4 is 10.6 Å². The lowest BCUT2D eigenvalue weighted by Gasteiger charge is -2.24. The van der Waals surface area contributed by atoms with Crippen molar-refractivity contribution in [2.75, 3.05) is 6.54 Å². The zero-order chi connectivity index (χ0) is 17.5. The first-order valence-electron chi connectivity index (χ1n) is 7.52. The summed E-state index contributed by atoms with van der Waals surface area (Å²) in [6.07, 6.45) is 6.78. The van der Waals surface area contributed by atoms with E-state index >= 15 is 0 Å². The summed E-state index contributed by atoms with van der Waals surface area (Å²) < 4.78 is 0. The molecule has 5 heteroatoms. The van der Waals surface area contributed by atoms with Gasteiger partial charge in [0.15, 0.2) is 0 Å². The van der Waals surface area contributed by atoms with Crippen molar-refractivity contribution in [3.8, 4) is 0 Å². The second-order valence-electron chi connectivity index (χ2n) is 5.34. The predicted octanol–water partition coefficient (Wildman–Crippen LogP) is 3.24. The summed E-state index contributed by atoms with van der Waals surface area (Å²) in [6, 6.07) is 7.17. The van der Waals surface area contributed by atoms with Crippen LogP contribution in [0, 0.1) is 0 Å². The molecule has 4 nitrogen and oxygen atoms in total. The number of hydrogen-bond donors (Lipinski definition) is 2. The maximum atomic E-state index is 12.5. The Balaban J connectivity index is 2.18. The van der Waals surface area contributed by atoms with Crippen LogP contribution >= 0.6 is 11.6 Å². The number of halogens is 1. The average Bonchev–Trinajstić information content (AvgIpc) is 2.59. The van der Waals surface area contributed by atoms with E-state index < -0.39 is 0 Å². The summed E-state index contributed by atoms with van der Waals surface area (Å²) >= 11 is 5.91. The normalized spacial score (nSPS) is 17.5. The molecule has 1 aliphatic rings. The molecule has 0 aliphatic carbocycles. The van der Waals surface area contributed by atoms with Gasteiger partial charge in [-0.2, -0.15) is 0 Å². The number of rotatable bonds is 6. The highest BCUT2D eigenvalue weighted by Gasteiger charge is 2.28. The van der Waals surface area contributed by atoms with Crippen molar-refractivity contribution in [3.63, 3.8) is 0 Å². The third kappa shape index (κ3) is 4.46. The molecular weight excluding hydrogens is 324 g/mol. The molecule has 0 fully saturated rings. The van der Waals surface area contributed by atoms with E-state index in [1.165, 1.54) is 6.20 Å². The molecule has 24 heavy (non-hydrogen) atoms. The van der Waals surface area contributed by atoms with Gasteiger partial charge in [-0.25, -0.2) is 0 Å². The molecule has 0 saturated carbocycles. The van der Waals surface area contributed by atoms with Crippen molar-refractivity contribution in [1.82, 2.24) is 10.6 Å². The van der Waals surface area contributed by atoms with Crippen molar-refractivity contribution in [2.24, 2.45) is 0 Å². The Bertz CT molecular complexity index is 717. The molecule has 0 radical (unpaired) electrons. The first-order valence-corrected chi connectivity index (χ1v) is 7.90. The Morgan fingerprint density at radius 3 is 2.67 bits per heavy atom. The average molecular weight is 343 g/mol. The van der Waals surface area contributed by atoms with Gasteiger partial charge >= 0.3 is 0 Å². The fourth-order valence-electron chi connectivity index (χ4n) is 2.46. The smallest absolute Gasteiger partial charge is 0.249 e. The summed E-state index contributed by atoms with van der Waals surface area (Å²) in [5.74, 6) is -0.650. The van der Waals surface area contributed by atoms with Crippen LogP contribution in [-0.4, -0.2) is 18.4 Å². The number of benzene rings is 1. The monoisotopic (exact) mass is 342 g/mol. The van der Waals surface area contributed by atoms with E-state index in [-0.39, 0.29) is 24.2 Å². The Labute approximate surface area is 146 Å². The zero-order valence-electron chi connectivity index (χ0n) is 13.2. The molecule has 1 aromatic rings. The van der Waals surface area contributed by atoms with E-state index in [4.69, 9.17) is 11.6 Å².